The average Bonchev–Trinajstić information content (AvgIpc) is 1.03. The second kappa shape index (κ2) is 133. The Hall–Kier alpha value is -2.49. The Morgan fingerprint density at radius 1 is 0.0870 bits per heavy atom. The lowest BCUT2D eigenvalue weighted by Crippen LogP contribution is -2.17. The summed E-state index contributed by atoms with van der Waals surface area (Å²) in [4.78, 5) is 11.8. The van der Waals surface area contributed by atoms with Crippen LogP contribution < -0.4 is 0 Å². The number of rotatable bonds is 132. The summed E-state index contributed by atoms with van der Waals surface area (Å²) in [6.45, 7) is 40.4. The van der Waals surface area contributed by atoms with E-state index >= 15 is 0 Å². The van der Waals surface area contributed by atoms with Crippen molar-refractivity contribution in [3.8, 4) is 0 Å². The molecule has 828 valence electrons. The Labute approximate surface area is 821 Å². The van der Waals surface area contributed by atoms with Gasteiger partial charge in [-0.05, 0) is 0 Å². The summed E-state index contributed by atoms with van der Waals surface area (Å²) in [5.74, 6) is 0. The number of hydrogen-bond donors (Lipinski definition) is 0. The van der Waals surface area contributed by atoms with E-state index in [0.717, 1.165) is 0 Å². The van der Waals surface area contributed by atoms with E-state index < -0.39 is 6.16 Å². The maximum absolute atomic E-state index is 11.8. The van der Waals surface area contributed by atoms with Gasteiger partial charge < -0.3 is 218 Å². The molecule has 0 aliphatic rings. The third kappa shape index (κ3) is 132. The standard InChI is InChI=1S/C91H182O47/c1-93-3-5-95-7-9-97-11-13-99-15-17-101-19-21-103-23-25-105-27-29-107-31-33-109-35-37-111-39-41-113-43-45-115-47-49-117-51-53-119-55-57-121-59-61-123-63-65-125-67-69-127-71-73-129-75-77-131-79-81-133-83-85-135-87-89-137-91(92)138-90-88-136-86-84-134-82-80-132-78-76-130-74-72-128-70-68-126-66-64-124-62-60-122-58-56-120-54-52-118-50-48-116-46-44-114-42-40-112-38-36-110-34-32-108-30-28-106-26-24-104-22-20-102-18-16-100-14-12-98-10-8-96-6-4-94-2/h3-90H2,1-2H3. The average molecular weight is 2030 g/mol. The van der Waals surface area contributed by atoms with E-state index in [1.807, 2.05) is 0 Å². The first-order chi connectivity index (χ1) is 68.8. The van der Waals surface area contributed by atoms with Gasteiger partial charge in [-0.3, -0.25) is 0 Å². The molecular weight excluding hydrogens is 1840 g/mol. The minimum atomic E-state index is -0.799. The van der Waals surface area contributed by atoms with Gasteiger partial charge >= 0.3 is 6.16 Å². The van der Waals surface area contributed by atoms with E-state index in [1.165, 1.54) is 0 Å². The van der Waals surface area contributed by atoms with Gasteiger partial charge in [0, 0.05) is 14.2 Å². The van der Waals surface area contributed by atoms with Gasteiger partial charge in [0.25, 0.3) is 0 Å². The van der Waals surface area contributed by atoms with Crippen LogP contribution in [-0.2, 0) is 218 Å². The molecule has 0 atom stereocenters. The second-order valence-corrected chi connectivity index (χ2v) is 27.7. The summed E-state index contributed by atoms with van der Waals surface area (Å²) in [7, 11) is 3.28. The predicted octanol–water partition coefficient (Wildman–Crippen LogP) is 1.13. The van der Waals surface area contributed by atoms with Crippen LogP contribution in [0.15, 0.2) is 0 Å². The van der Waals surface area contributed by atoms with E-state index in [2.05, 4.69) is 0 Å². The molecule has 0 saturated heterocycles. The molecule has 0 fully saturated rings. The molecule has 0 unspecified atom stereocenters. The number of hydrogen-bond acceptors (Lipinski definition) is 47. The Morgan fingerprint density at radius 2 is 0.138 bits per heavy atom. The number of carbonyl (C=O) groups excluding carboxylic acids is 1. The second-order valence-electron chi connectivity index (χ2n) is 27.7. The molecule has 47 nitrogen and oxygen atoms in total. The van der Waals surface area contributed by atoms with Crippen LogP contribution in [0.25, 0.3) is 0 Å². The monoisotopic (exact) mass is 2030 g/mol. The molecule has 0 heterocycles. The summed E-state index contributed by atoms with van der Waals surface area (Å²) in [5.41, 5.74) is 0. The van der Waals surface area contributed by atoms with Crippen LogP contribution in [0, 0.1) is 0 Å². The number of methoxy groups -OCH3 is 2. The Morgan fingerprint density at radius 3 is 0.196 bits per heavy atom. The van der Waals surface area contributed by atoms with Crippen molar-refractivity contribution in [2.75, 3.05) is 596 Å². The van der Waals surface area contributed by atoms with Gasteiger partial charge in [-0.1, -0.05) is 0 Å². The lowest BCUT2D eigenvalue weighted by Gasteiger charge is -2.09. The van der Waals surface area contributed by atoms with Crippen molar-refractivity contribution in [1.82, 2.24) is 0 Å². The van der Waals surface area contributed by atoms with Crippen molar-refractivity contribution in [3.05, 3.63) is 0 Å². The third-order valence-electron chi connectivity index (χ3n) is 16.6. The van der Waals surface area contributed by atoms with Crippen molar-refractivity contribution < 1.29 is 223 Å². The highest BCUT2D eigenvalue weighted by Gasteiger charge is 2.08. The first-order valence-corrected chi connectivity index (χ1v) is 48.8. The molecule has 0 aromatic carbocycles. The van der Waals surface area contributed by atoms with E-state index in [-0.39, 0.29) is 26.4 Å². The van der Waals surface area contributed by atoms with Crippen molar-refractivity contribution >= 4 is 6.16 Å². The van der Waals surface area contributed by atoms with Crippen LogP contribution in [0.5, 0.6) is 0 Å². The highest BCUT2D eigenvalue weighted by atomic mass is 16.7. The van der Waals surface area contributed by atoms with E-state index in [9.17, 15) is 4.79 Å². The van der Waals surface area contributed by atoms with Gasteiger partial charge in [0.05, 0.1) is 568 Å². The van der Waals surface area contributed by atoms with Gasteiger partial charge in [0.2, 0.25) is 0 Å². The number of ether oxygens (including phenoxy) is 46. The van der Waals surface area contributed by atoms with Crippen molar-refractivity contribution in [1.29, 1.82) is 0 Å². The largest absolute Gasteiger partial charge is 0.508 e. The molecule has 138 heavy (non-hydrogen) atoms. The number of carbonyl (C=O) groups is 1. The van der Waals surface area contributed by atoms with Crippen molar-refractivity contribution in [2.45, 2.75) is 0 Å². The topological polar surface area (TPSA) is 442 Å². The Balaban J connectivity index is 3.14. The molecule has 0 saturated carbocycles. The summed E-state index contributed by atoms with van der Waals surface area (Å²) >= 11 is 0. The Kier molecular flexibility index (Phi) is 130. The summed E-state index contributed by atoms with van der Waals surface area (Å²) in [6, 6.07) is 0. The lowest BCUT2D eigenvalue weighted by molar-refractivity contribution is -0.0321. The molecule has 0 N–H and O–H groups in total. The van der Waals surface area contributed by atoms with Crippen LogP contribution >= 0.6 is 0 Å². The van der Waals surface area contributed by atoms with Gasteiger partial charge in [-0.15, -0.1) is 0 Å². The normalized spacial score (nSPS) is 11.8. The van der Waals surface area contributed by atoms with Gasteiger partial charge in [-0.25, -0.2) is 4.79 Å². The lowest BCUT2D eigenvalue weighted by atomic mass is 10.6. The predicted molar refractivity (Wildman–Crippen MR) is 495 cm³/mol. The zero-order chi connectivity index (χ0) is 98.3. The molecule has 47 heteroatoms. The van der Waals surface area contributed by atoms with Crippen LogP contribution in [0.2, 0.25) is 0 Å². The van der Waals surface area contributed by atoms with E-state index in [1.54, 1.807) is 14.2 Å². The fraction of sp³-hybridized carbons (Fsp3) is 0.989. The molecule has 0 amide bonds. The molecule has 0 aliphatic carbocycles. The molecule has 0 aromatic heterocycles. The van der Waals surface area contributed by atoms with E-state index in [0.29, 0.717) is 555 Å². The quantitative estimate of drug-likeness (QED) is 0.0608. The fourth-order valence-corrected chi connectivity index (χ4v) is 9.69. The maximum Gasteiger partial charge on any atom is 0.508 e. The van der Waals surface area contributed by atoms with Crippen molar-refractivity contribution in [3.63, 3.8) is 0 Å². The van der Waals surface area contributed by atoms with Crippen LogP contribution in [0.4, 0.5) is 4.79 Å². The SMILES string of the molecule is COCCOCCOCCOCCOCCOCCOCCOCCOCCOCCOCCOCCOCCOCCOCCOCCOCCOCCOCCOCCOCCOCCOC(=O)OCCOCCOCCOCCOCCOCCOCCOCCOCCOCCOCCOCCOCCOCCOCCOCCOCCOCCOCCOCCOCCOCCOC. The molecular formula is C91H182O47. The molecule has 0 spiro atoms. The zero-order valence-electron chi connectivity index (χ0n) is 83.9. The van der Waals surface area contributed by atoms with Crippen LogP contribution in [0.3, 0.4) is 0 Å². The molecule has 0 aromatic rings. The van der Waals surface area contributed by atoms with Crippen molar-refractivity contribution in [2.24, 2.45) is 0 Å². The minimum Gasteiger partial charge on any atom is -0.432 e. The first kappa shape index (κ1) is 136. The molecule has 0 aliphatic heterocycles. The third-order valence-corrected chi connectivity index (χ3v) is 16.6. The van der Waals surface area contributed by atoms with E-state index in [4.69, 9.17) is 218 Å². The Bertz CT molecular complexity index is 1980. The van der Waals surface area contributed by atoms with Gasteiger partial charge in [0.1, 0.15) is 13.2 Å². The van der Waals surface area contributed by atoms with Crippen LogP contribution in [-0.4, -0.2) is 602 Å². The van der Waals surface area contributed by atoms with Gasteiger partial charge in [0.15, 0.2) is 0 Å². The molecule has 0 bridgehead atoms. The molecule has 0 rings (SSSR count). The maximum atomic E-state index is 11.8. The highest BCUT2D eigenvalue weighted by molar-refractivity contribution is 5.59. The van der Waals surface area contributed by atoms with Crippen LogP contribution in [0.1, 0.15) is 0 Å². The highest BCUT2D eigenvalue weighted by Crippen LogP contribution is 1.98. The zero-order valence-corrected chi connectivity index (χ0v) is 83.9. The molecule has 0 radical (unpaired) electrons. The van der Waals surface area contributed by atoms with Gasteiger partial charge in [-0.2, -0.15) is 0 Å². The smallest absolute Gasteiger partial charge is 0.432 e. The fourth-order valence-electron chi connectivity index (χ4n) is 9.69. The summed E-state index contributed by atoms with van der Waals surface area (Å²) in [6.07, 6.45) is -0.799. The summed E-state index contributed by atoms with van der Waals surface area (Å²) < 4.78 is 251. The first-order valence-electron chi connectivity index (χ1n) is 48.8. The minimum absolute atomic E-state index is 0.0477. The summed E-state index contributed by atoms with van der Waals surface area (Å²) in [5, 5.41) is 0.